The van der Waals surface area contributed by atoms with Crippen molar-refractivity contribution in [2.24, 2.45) is 5.92 Å². The number of hydrogen-bond acceptors (Lipinski definition) is 1. The average molecular weight is 284 g/mol. The van der Waals surface area contributed by atoms with Gasteiger partial charge in [0.05, 0.1) is 0 Å². The van der Waals surface area contributed by atoms with E-state index in [9.17, 15) is 4.79 Å². The highest BCUT2D eigenvalue weighted by atomic mass is 16.1. The first kappa shape index (κ1) is 14.8. The van der Waals surface area contributed by atoms with Gasteiger partial charge in [-0.25, -0.2) is 0 Å². The van der Waals surface area contributed by atoms with E-state index in [0.717, 1.165) is 24.7 Å². The fourth-order valence-corrected chi connectivity index (χ4v) is 4.16. The molecule has 0 spiro atoms. The van der Waals surface area contributed by atoms with E-state index < -0.39 is 0 Å². The van der Waals surface area contributed by atoms with Crippen LogP contribution in [-0.2, 0) is 17.6 Å². The summed E-state index contributed by atoms with van der Waals surface area (Å²) in [4.78, 5) is 11.5. The van der Waals surface area contributed by atoms with E-state index in [2.05, 4.69) is 25.1 Å². The Morgan fingerprint density at radius 1 is 1.05 bits per heavy atom. The Morgan fingerprint density at radius 3 is 2.62 bits per heavy atom. The van der Waals surface area contributed by atoms with Gasteiger partial charge in [-0.15, -0.1) is 0 Å². The Bertz CT molecular complexity index is 495. The van der Waals surface area contributed by atoms with Crippen LogP contribution in [0.1, 0.15) is 80.9 Å². The molecule has 1 heteroatoms. The molecule has 21 heavy (non-hydrogen) atoms. The second-order valence-electron chi connectivity index (χ2n) is 7.10. The predicted octanol–water partition coefficient (Wildman–Crippen LogP) is 5.21. The summed E-state index contributed by atoms with van der Waals surface area (Å²) in [6.07, 6.45) is 12.1. The van der Waals surface area contributed by atoms with Crippen molar-refractivity contribution in [2.45, 2.75) is 77.0 Å². The highest BCUT2D eigenvalue weighted by Crippen LogP contribution is 2.38. The van der Waals surface area contributed by atoms with E-state index in [1.165, 1.54) is 61.6 Å². The molecule has 0 aromatic heterocycles. The first-order valence-electron chi connectivity index (χ1n) is 8.89. The summed E-state index contributed by atoms with van der Waals surface area (Å²) in [7, 11) is 0. The molecule has 1 aromatic rings. The fourth-order valence-electron chi connectivity index (χ4n) is 4.16. The Balaban J connectivity index is 1.62. The molecule has 1 nitrogen and oxygen atoms in total. The Kier molecular flexibility index (Phi) is 4.77. The first-order chi connectivity index (χ1) is 10.3. The van der Waals surface area contributed by atoms with E-state index in [1.54, 1.807) is 0 Å². The fraction of sp³-hybridized carbons (Fsp3) is 0.650. The van der Waals surface area contributed by atoms with Crippen LogP contribution in [0.5, 0.6) is 0 Å². The third kappa shape index (κ3) is 3.56. The highest BCUT2D eigenvalue weighted by Gasteiger charge is 2.23. The van der Waals surface area contributed by atoms with Crippen LogP contribution >= 0.6 is 0 Å². The smallest absolute Gasteiger partial charge is 0.137 e. The molecule has 0 unspecified atom stereocenters. The molecule has 0 bridgehead atoms. The number of unbranched alkanes of at least 4 members (excludes halogenated alkanes) is 1. The van der Waals surface area contributed by atoms with Gasteiger partial charge in [-0.2, -0.15) is 0 Å². The van der Waals surface area contributed by atoms with Crippen LogP contribution in [0.3, 0.4) is 0 Å². The number of benzene rings is 1. The molecule has 0 amide bonds. The zero-order valence-electron chi connectivity index (χ0n) is 13.4. The summed E-state index contributed by atoms with van der Waals surface area (Å²) in [5.74, 6) is 2.16. The van der Waals surface area contributed by atoms with E-state index in [0.29, 0.717) is 12.2 Å². The number of rotatable bonds is 4. The molecule has 0 aliphatic heterocycles. The quantitative estimate of drug-likeness (QED) is 0.742. The monoisotopic (exact) mass is 284 g/mol. The van der Waals surface area contributed by atoms with Crippen molar-refractivity contribution in [1.82, 2.24) is 0 Å². The van der Waals surface area contributed by atoms with Gasteiger partial charge >= 0.3 is 0 Å². The summed E-state index contributed by atoms with van der Waals surface area (Å²) in [5, 5.41) is 0. The number of Topliss-reactive ketones (excluding diaryl/α,β-unsaturated/α-hetero) is 1. The van der Waals surface area contributed by atoms with Gasteiger partial charge in [0.2, 0.25) is 0 Å². The average Bonchev–Trinajstić information content (AvgIpc) is 2.53. The molecule has 0 N–H and O–H groups in total. The van der Waals surface area contributed by atoms with Gasteiger partial charge in [-0.1, -0.05) is 44.4 Å². The maximum atomic E-state index is 11.5. The molecule has 0 heterocycles. The van der Waals surface area contributed by atoms with Crippen LogP contribution in [0, 0.1) is 5.92 Å². The van der Waals surface area contributed by atoms with E-state index in [1.807, 2.05) is 0 Å². The normalized spacial score (nSPS) is 25.7. The Labute approximate surface area is 129 Å². The molecule has 1 fully saturated rings. The van der Waals surface area contributed by atoms with Crippen molar-refractivity contribution in [1.29, 1.82) is 0 Å². The van der Waals surface area contributed by atoms with Crippen LogP contribution in [-0.4, -0.2) is 5.78 Å². The number of ketones is 1. The van der Waals surface area contributed by atoms with Crippen molar-refractivity contribution >= 4 is 5.78 Å². The van der Waals surface area contributed by atoms with Gasteiger partial charge in [0.15, 0.2) is 0 Å². The Hall–Kier alpha value is -1.11. The highest BCUT2D eigenvalue weighted by molar-refractivity contribution is 5.83. The van der Waals surface area contributed by atoms with Gasteiger partial charge in [-0.05, 0) is 60.6 Å². The lowest BCUT2D eigenvalue weighted by Gasteiger charge is -2.29. The van der Waals surface area contributed by atoms with Crippen LogP contribution in [0.4, 0.5) is 0 Å². The van der Waals surface area contributed by atoms with E-state index >= 15 is 0 Å². The van der Waals surface area contributed by atoms with Gasteiger partial charge < -0.3 is 0 Å². The predicted molar refractivity (Wildman–Crippen MR) is 87.7 cm³/mol. The zero-order valence-corrected chi connectivity index (χ0v) is 13.4. The molecule has 114 valence electrons. The molecule has 3 rings (SSSR count). The number of fused-ring (bicyclic) bond motifs is 1. The molecule has 1 saturated carbocycles. The molecule has 2 aliphatic carbocycles. The van der Waals surface area contributed by atoms with Gasteiger partial charge in [0.1, 0.15) is 5.78 Å². The second-order valence-corrected chi connectivity index (χ2v) is 7.10. The number of hydrogen-bond donors (Lipinski definition) is 0. The number of aryl methyl sites for hydroxylation is 1. The summed E-state index contributed by atoms with van der Waals surface area (Å²) in [6, 6.07) is 6.94. The number of carbonyl (C=O) groups excluding carboxylic acids is 1. The van der Waals surface area contributed by atoms with Crippen LogP contribution in [0.2, 0.25) is 0 Å². The third-order valence-corrected chi connectivity index (χ3v) is 5.58. The third-order valence-electron chi connectivity index (χ3n) is 5.58. The lowest BCUT2D eigenvalue weighted by atomic mass is 9.76. The van der Waals surface area contributed by atoms with Gasteiger partial charge in [0, 0.05) is 12.8 Å². The minimum Gasteiger partial charge on any atom is -0.299 e. The van der Waals surface area contributed by atoms with Crippen molar-refractivity contribution < 1.29 is 4.79 Å². The largest absolute Gasteiger partial charge is 0.299 e. The minimum absolute atomic E-state index is 0.409. The van der Waals surface area contributed by atoms with E-state index in [-0.39, 0.29) is 0 Å². The molecule has 1 aromatic carbocycles. The zero-order chi connectivity index (χ0) is 14.7. The molecule has 0 radical (unpaired) electrons. The topological polar surface area (TPSA) is 17.1 Å². The van der Waals surface area contributed by atoms with Crippen LogP contribution < -0.4 is 0 Å². The molecular weight excluding hydrogens is 256 g/mol. The second kappa shape index (κ2) is 6.77. The Morgan fingerprint density at radius 2 is 1.86 bits per heavy atom. The SMILES string of the molecule is CCCCC1CCC(c2ccc3c(c2)CCC(=O)C3)CC1. The lowest BCUT2D eigenvalue weighted by Crippen LogP contribution is -2.16. The van der Waals surface area contributed by atoms with Gasteiger partial charge in [-0.3, -0.25) is 4.79 Å². The van der Waals surface area contributed by atoms with E-state index in [4.69, 9.17) is 0 Å². The van der Waals surface area contributed by atoms with Crippen molar-refractivity contribution in [3.05, 3.63) is 34.9 Å². The summed E-state index contributed by atoms with van der Waals surface area (Å²) in [6.45, 7) is 2.30. The molecule has 0 atom stereocenters. The number of carbonyl (C=O) groups is 1. The standard InChI is InChI=1S/C20H28O/c1-2-3-4-15-5-7-16(8-6-15)17-9-10-19-14-20(21)12-11-18(19)13-17/h9-10,13,15-16H,2-8,11-12,14H2,1H3. The summed E-state index contributed by atoms with van der Waals surface area (Å²) < 4.78 is 0. The van der Waals surface area contributed by atoms with Crippen LogP contribution in [0.25, 0.3) is 0 Å². The van der Waals surface area contributed by atoms with Crippen molar-refractivity contribution in [2.75, 3.05) is 0 Å². The maximum absolute atomic E-state index is 11.5. The van der Waals surface area contributed by atoms with Crippen molar-refractivity contribution in [3.63, 3.8) is 0 Å². The van der Waals surface area contributed by atoms with Crippen molar-refractivity contribution in [3.8, 4) is 0 Å². The maximum Gasteiger partial charge on any atom is 0.137 e. The summed E-state index contributed by atoms with van der Waals surface area (Å²) in [5.41, 5.74) is 4.27. The van der Waals surface area contributed by atoms with Gasteiger partial charge in [0.25, 0.3) is 0 Å². The first-order valence-corrected chi connectivity index (χ1v) is 8.89. The molecular formula is C20H28O. The molecule has 0 saturated heterocycles. The summed E-state index contributed by atoms with van der Waals surface area (Å²) >= 11 is 0. The lowest BCUT2D eigenvalue weighted by molar-refractivity contribution is -0.118. The van der Waals surface area contributed by atoms with Crippen LogP contribution in [0.15, 0.2) is 18.2 Å². The minimum atomic E-state index is 0.409. The molecule has 2 aliphatic rings.